The summed E-state index contributed by atoms with van der Waals surface area (Å²) >= 11 is 0. The zero-order valence-corrected chi connectivity index (χ0v) is 20.6. The molecular weight excluding hydrogens is 487 g/mol. The molecule has 0 spiro atoms. The van der Waals surface area contributed by atoms with Gasteiger partial charge in [-0.25, -0.2) is 0 Å². The molecule has 37 heavy (non-hydrogen) atoms. The summed E-state index contributed by atoms with van der Waals surface area (Å²) in [5, 5.41) is 5.76. The van der Waals surface area contributed by atoms with Crippen molar-refractivity contribution in [1.82, 2.24) is 4.90 Å². The molecule has 2 amide bonds. The van der Waals surface area contributed by atoms with Gasteiger partial charge < -0.3 is 20.1 Å². The van der Waals surface area contributed by atoms with Gasteiger partial charge in [0.1, 0.15) is 11.4 Å². The number of fused-ring (bicyclic) bond motifs is 2. The maximum absolute atomic E-state index is 13.2. The number of carbonyl (C=O) groups excluding carboxylic acids is 2. The van der Waals surface area contributed by atoms with Crippen molar-refractivity contribution >= 4 is 28.8 Å². The number of benzene rings is 2. The zero-order valence-electron chi connectivity index (χ0n) is 20.6. The van der Waals surface area contributed by atoms with Crippen LogP contribution in [0.15, 0.2) is 42.5 Å². The Morgan fingerprint density at radius 1 is 1.16 bits per heavy atom. The summed E-state index contributed by atoms with van der Waals surface area (Å²) in [5.74, 6) is -0.414. The van der Waals surface area contributed by atoms with E-state index in [1.807, 2.05) is 6.07 Å². The number of carbonyl (C=O) groups is 2. The van der Waals surface area contributed by atoms with Crippen LogP contribution >= 0.6 is 0 Å². The fourth-order valence-corrected chi connectivity index (χ4v) is 5.05. The van der Waals surface area contributed by atoms with Gasteiger partial charge in [0.15, 0.2) is 0 Å². The number of hydrogen-bond donors (Lipinski definition) is 2. The van der Waals surface area contributed by atoms with E-state index in [0.29, 0.717) is 61.7 Å². The number of halogens is 3. The quantitative estimate of drug-likeness (QED) is 0.590. The van der Waals surface area contributed by atoms with Crippen LogP contribution in [0.3, 0.4) is 0 Å². The Labute approximate surface area is 212 Å². The third-order valence-electron chi connectivity index (χ3n) is 6.80. The molecule has 1 unspecified atom stereocenters. The lowest BCUT2D eigenvalue weighted by molar-refractivity contribution is -0.137. The molecule has 2 N–H and O–H groups in total. The fourth-order valence-electron chi connectivity index (χ4n) is 5.05. The zero-order chi connectivity index (χ0) is 26.4. The van der Waals surface area contributed by atoms with Crippen LogP contribution in [0.4, 0.5) is 24.5 Å². The average Bonchev–Trinajstić information content (AvgIpc) is 2.82. The third-order valence-corrected chi connectivity index (χ3v) is 6.80. The largest absolute Gasteiger partial charge is 0.487 e. The molecule has 3 aliphatic heterocycles. The summed E-state index contributed by atoms with van der Waals surface area (Å²) in [7, 11) is 0. The molecule has 1 atom stereocenters. The van der Waals surface area contributed by atoms with Gasteiger partial charge in [-0.15, -0.1) is 0 Å². The van der Waals surface area contributed by atoms with Gasteiger partial charge in [0.25, 0.3) is 0 Å². The van der Waals surface area contributed by atoms with Crippen molar-refractivity contribution in [3.63, 3.8) is 0 Å². The highest BCUT2D eigenvalue weighted by Gasteiger charge is 2.36. The van der Waals surface area contributed by atoms with Crippen molar-refractivity contribution in [3.05, 3.63) is 59.2 Å². The smallest absolute Gasteiger partial charge is 0.416 e. The van der Waals surface area contributed by atoms with E-state index in [4.69, 9.17) is 9.47 Å². The molecule has 0 radical (unpaired) electrons. The van der Waals surface area contributed by atoms with Gasteiger partial charge in [-0.3, -0.25) is 14.5 Å². The molecule has 0 bridgehead atoms. The number of anilines is 2. The summed E-state index contributed by atoms with van der Waals surface area (Å²) in [6, 6.07) is 8.43. The minimum atomic E-state index is -4.49. The number of nitrogens with one attached hydrogen (secondary N) is 2. The topological polar surface area (TPSA) is 79.9 Å². The predicted octanol–water partition coefficient (Wildman–Crippen LogP) is 4.48. The van der Waals surface area contributed by atoms with Crippen LogP contribution in [0, 0.1) is 0 Å². The first-order valence-electron chi connectivity index (χ1n) is 12.2. The van der Waals surface area contributed by atoms with Crippen molar-refractivity contribution in [2.75, 3.05) is 36.9 Å². The van der Waals surface area contributed by atoms with Crippen LogP contribution in [-0.2, 0) is 26.9 Å². The molecular formula is C27H28F3N3O4. The van der Waals surface area contributed by atoms with Crippen molar-refractivity contribution < 1.29 is 32.2 Å². The lowest BCUT2D eigenvalue weighted by atomic mass is 9.88. The van der Waals surface area contributed by atoms with Crippen LogP contribution < -0.4 is 15.4 Å². The number of alkyl halides is 3. The average molecular weight is 516 g/mol. The van der Waals surface area contributed by atoms with Crippen molar-refractivity contribution in [2.45, 2.75) is 44.5 Å². The second kappa shape index (κ2) is 9.50. The number of ether oxygens (including phenoxy) is 2. The molecule has 0 saturated carbocycles. The highest BCUT2D eigenvalue weighted by atomic mass is 19.4. The summed E-state index contributed by atoms with van der Waals surface area (Å²) in [6.45, 7) is 6.15. The van der Waals surface area contributed by atoms with E-state index >= 15 is 0 Å². The van der Waals surface area contributed by atoms with E-state index < -0.39 is 23.2 Å². The summed E-state index contributed by atoms with van der Waals surface area (Å²) in [5.41, 5.74) is 1.58. The molecule has 7 nitrogen and oxygen atoms in total. The number of morpholine rings is 1. The Bertz CT molecular complexity index is 1270. The van der Waals surface area contributed by atoms with Gasteiger partial charge in [0.2, 0.25) is 11.8 Å². The summed E-state index contributed by atoms with van der Waals surface area (Å²) in [4.78, 5) is 27.8. The van der Waals surface area contributed by atoms with E-state index in [1.165, 1.54) is 12.1 Å². The van der Waals surface area contributed by atoms with Crippen LogP contribution in [0.5, 0.6) is 5.75 Å². The Morgan fingerprint density at radius 2 is 1.92 bits per heavy atom. The standard InChI is InChI=1S/C27H28F3N3O4/c1-26(2)15-17(20-6-4-18(27(28,29)30)13-23(20)37-26)12-24(34)31-19-5-3-16-11-22(25(35)32-21(16)14-19)33-7-9-36-10-8-33/h3-6,12-14,22H,7-11,15H2,1-2H3,(H,31,34)(H,32,35)/b17-12+. The van der Waals surface area contributed by atoms with Gasteiger partial charge in [0.05, 0.1) is 24.8 Å². The second-order valence-corrected chi connectivity index (χ2v) is 10.1. The molecule has 5 rings (SSSR count). The van der Waals surface area contributed by atoms with Gasteiger partial charge in [-0.05, 0) is 55.7 Å². The first-order valence-corrected chi connectivity index (χ1v) is 12.2. The van der Waals surface area contributed by atoms with Crippen LogP contribution in [0.2, 0.25) is 0 Å². The highest BCUT2D eigenvalue weighted by molar-refractivity contribution is 6.05. The molecule has 1 fully saturated rings. The molecule has 10 heteroatoms. The molecule has 3 heterocycles. The maximum atomic E-state index is 13.2. The molecule has 196 valence electrons. The minimum Gasteiger partial charge on any atom is -0.487 e. The first kappa shape index (κ1) is 25.3. The number of rotatable bonds is 3. The van der Waals surface area contributed by atoms with Crippen LogP contribution in [0.25, 0.3) is 5.57 Å². The Balaban J connectivity index is 1.33. The Morgan fingerprint density at radius 3 is 2.65 bits per heavy atom. The van der Waals surface area contributed by atoms with Crippen LogP contribution in [-0.4, -0.2) is 54.7 Å². The van der Waals surface area contributed by atoms with Gasteiger partial charge in [-0.1, -0.05) is 12.1 Å². The molecule has 2 aromatic carbocycles. The van der Waals surface area contributed by atoms with Crippen molar-refractivity contribution in [1.29, 1.82) is 0 Å². The SMILES string of the molecule is CC1(C)C/C(=C\C(=O)Nc2ccc3c(c2)NC(=O)C(N2CCOCC2)C3)c2ccc(C(F)(F)F)cc2O1. The second-order valence-electron chi connectivity index (χ2n) is 10.1. The molecule has 1 saturated heterocycles. The highest BCUT2D eigenvalue weighted by Crippen LogP contribution is 2.43. The monoisotopic (exact) mass is 515 g/mol. The van der Waals surface area contributed by atoms with E-state index in [2.05, 4.69) is 15.5 Å². The molecule has 0 aromatic heterocycles. The first-order chi connectivity index (χ1) is 17.5. The number of nitrogens with zero attached hydrogens (tertiary/aromatic N) is 1. The van der Waals surface area contributed by atoms with E-state index in [9.17, 15) is 22.8 Å². The molecule has 2 aromatic rings. The number of amides is 2. The normalized spacial score (nSPS) is 22.5. The minimum absolute atomic E-state index is 0.0840. The predicted molar refractivity (Wildman–Crippen MR) is 132 cm³/mol. The Kier molecular flexibility index (Phi) is 6.49. The van der Waals surface area contributed by atoms with Gasteiger partial charge in [-0.2, -0.15) is 13.2 Å². The van der Waals surface area contributed by atoms with Crippen LogP contribution in [0.1, 0.15) is 37.0 Å². The number of hydrogen-bond acceptors (Lipinski definition) is 5. The van der Waals surface area contributed by atoms with Crippen molar-refractivity contribution in [3.8, 4) is 5.75 Å². The molecule has 0 aliphatic carbocycles. The lowest BCUT2D eigenvalue weighted by Crippen LogP contribution is -2.52. The third kappa shape index (κ3) is 5.50. The lowest BCUT2D eigenvalue weighted by Gasteiger charge is -2.36. The summed E-state index contributed by atoms with van der Waals surface area (Å²) in [6.07, 6.45) is -2.18. The van der Waals surface area contributed by atoms with E-state index in [0.717, 1.165) is 17.7 Å². The van der Waals surface area contributed by atoms with Crippen molar-refractivity contribution in [2.24, 2.45) is 0 Å². The molecule has 3 aliphatic rings. The fraction of sp³-hybridized carbons (Fsp3) is 0.407. The van der Waals surface area contributed by atoms with E-state index in [1.54, 1.807) is 26.0 Å². The summed E-state index contributed by atoms with van der Waals surface area (Å²) < 4.78 is 50.7. The van der Waals surface area contributed by atoms with Gasteiger partial charge in [0, 0.05) is 42.5 Å². The van der Waals surface area contributed by atoms with Gasteiger partial charge >= 0.3 is 6.18 Å². The van der Waals surface area contributed by atoms with E-state index in [-0.39, 0.29) is 17.7 Å². The Hall–Kier alpha value is -3.37. The maximum Gasteiger partial charge on any atom is 0.416 e.